The third-order valence-electron chi connectivity index (χ3n) is 6.35. The number of hydrogen-bond acceptors (Lipinski definition) is 8. The summed E-state index contributed by atoms with van der Waals surface area (Å²) in [6.07, 6.45) is 9.13. The van der Waals surface area contributed by atoms with E-state index >= 15 is 0 Å². The van der Waals surface area contributed by atoms with Gasteiger partial charge in [0.1, 0.15) is 34.7 Å². The lowest BCUT2D eigenvalue weighted by atomic mass is 10.0. The second kappa shape index (κ2) is 11.5. The first-order valence-corrected chi connectivity index (χ1v) is 13.2. The number of nitrogens with one attached hydrogen (secondary N) is 2. The number of carbonyl (C=O) groups excluding carboxylic acids is 3. The summed E-state index contributed by atoms with van der Waals surface area (Å²) in [6, 6.07) is 9.25. The van der Waals surface area contributed by atoms with E-state index in [1.165, 1.54) is 22.7 Å². The molecule has 0 bridgehead atoms. The van der Waals surface area contributed by atoms with Crippen molar-refractivity contribution in [3.8, 4) is 0 Å². The van der Waals surface area contributed by atoms with E-state index in [2.05, 4.69) is 20.8 Å². The Morgan fingerprint density at radius 1 is 1.26 bits per heavy atom. The van der Waals surface area contributed by atoms with Crippen molar-refractivity contribution < 1.29 is 33.7 Å². The first kappa shape index (κ1) is 26.1. The number of carboxylic acids is 1. The molecule has 0 spiro atoms. The standard InChI is InChI=1S/C26H24N6O6S/c33-15-27-19-10-6-9-18(28-19)20(30-38-17-7-2-3-8-17)23(34)29-21-24(35)32-22(26(36)37)16(14-39-25(21)32)13-31-11-4-1-5-12-31/h1-2,4-7,9-12,15,17,21,25H,3,8,13-14H2,(H2-,27,28,29,33,34,36,37)/p+1/t17?,21?,25-/m0/s1. The number of hydrogen-bond donors (Lipinski definition) is 3. The van der Waals surface area contributed by atoms with Gasteiger partial charge in [0.25, 0.3) is 11.8 Å². The molecule has 4 heterocycles. The number of β-lactam (4-membered cyclic amide) rings is 1. The number of rotatable bonds is 10. The van der Waals surface area contributed by atoms with Crippen molar-refractivity contribution in [1.29, 1.82) is 0 Å². The minimum Gasteiger partial charge on any atom is -0.477 e. The molecule has 2 unspecified atom stereocenters. The van der Waals surface area contributed by atoms with E-state index in [0.717, 1.165) is 6.42 Å². The number of carbonyl (C=O) groups is 4. The molecule has 0 aromatic carbocycles. The van der Waals surface area contributed by atoms with Crippen molar-refractivity contribution in [2.75, 3.05) is 11.1 Å². The number of oxime groups is 1. The number of fused-ring (bicyclic) bond motifs is 1. The van der Waals surface area contributed by atoms with Gasteiger partial charge in [-0.05, 0) is 31.1 Å². The number of aliphatic carboxylic acids is 1. The third-order valence-corrected chi connectivity index (χ3v) is 7.69. The summed E-state index contributed by atoms with van der Waals surface area (Å²) in [5.41, 5.74) is 0.494. The van der Waals surface area contributed by atoms with E-state index in [0.29, 0.717) is 30.7 Å². The Bertz CT molecular complexity index is 1390. The van der Waals surface area contributed by atoms with Crippen molar-refractivity contribution in [1.82, 2.24) is 15.2 Å². The van der Waals surface area contributed by atoms with Crippen molar-refractivity contribution in [3.63, 3.8) is 0 Å². The highest BCUT2D eigenvalue weighted by molar-refractivity contribution is 8.00. The molecule has 39 heavy (non-hydrogen) atoms. The number of nitrogens with zero attached hydrogens (tertiary/aromatic N) is 4. The maximum absolute atomic E-state index is 13.4. The number of aromatic nitrogens is 2. The highest BCUT2D eigenvalue weighted by Crippen LogP contribution is 2.40. The highest BCUT2D eigenvalue weighted by atomic mass is 32.2. The summed E-state index contributed by atoms with van der Waals surface area (Å²) >= 11 is 1.38. The number of amides is 3. The SMILES string of the molecule is O=CNc1cccc(C(=NOC2C=CCC2)C(=O)NC2C(=O)N3C(C(=O)O)=C(C[n+]4ccccc4)CS[C@@H]23)n1. The van der Waals surface area contributed by atoms with E-state index < -0.39 is 29.2 Å². The largest absolute Gasteiger partial charge is 0.477 e. The zero-order chi connectivity index (χ0) is 27.4. The van der Waals surface area contributed by atoms with E-state index in [-0.39, 0.29) is 29.0 Å². The van der Waals surface area contributed by atoms with E-state index in [1.807, 2.05) is 47.3 Å². The van der Waals surface area contributed by atoms with Crippen molar-refractivity contribution >= 4 is 47.5 Å². The molecular formula is C26H25N6O6S+. The summed E-state index contributed by atoms with van der Waals surface area (Å²) in [5.74, 6) is -1.86. The minimum atomic E-state index is -1.20. The Hall–Kier alpha value is -4.52. The summed E-state index contributed by atoms with van der Waals surface area (Å²) in [6.45, 7) is 0.323. The number of anilines is 1. The Morgan fingerprint density at radius 3 is 2.79 bits per heavy atom. The van der Waals surface area contributed by atoms with Gasteiger partial charge in [-0.1, -0.05) is 23.4 Å². The molecule has 3 atom stereocenters. The highest BCUT2D eigenvalue weighted by Gasteiger charge is 2.54. The Morgan fingerprint density at radius 2 is 2.08 bits per heavy atom. The summed E-state index contributed by atoms with van der Waals surface area (Å²) < 4.78 is 1.84. The molecule has 2 aliphatic heterocycles. The molecule has 2 aromatic heterocycles. The molecule has 200 valence electrons. The van der Waals surface area contributed by atoms with Crippen LogP contribution in [0, 0.1) is 0 Å². The second-order valence-corrected chi connectivity index (χ2v) is 10.0. The van der Waals surface area contributed by atoms with Gasteiger partial charge in [0, 0.05) is 23.5 Å². The molecule has 5 rings (SSSR count). The summed E-state index contributed by atoms with van der Waals surface area (Å²) in [7, 11) is 0. The molecule has 1 saturated heterocycles. The van der Waals surface area contributed by atoms with Gasteiger partial charge in [0.05, 0.1) is 0 Å². The van der Waals surface area contributed by atoms with Gasteiger partial charge >= 0.3 is 5.97 Å². The lowest BCUT2D eigenvalue weighted by molar-refractivity contribution is -0.689. The molecule has 12 nitrogen and oxygen atoms in total. The van der Waals surface area contributed by atoms with Gasteiger partial charge in [-0.2, -0.15) is 0 Å². The van der Waals surface area contributed by atoms with Crippen molar-refractivity contribution in [2.45, 2.75) is 36.9 Å². The van der Waals surface area contributed by atoms with Gasteiger partial charge in [-0.3, -0.25) is 19.3 Å². The van der Waals surface area contributed by atoms with Crippen molar-refractivity contribution in [3.05, 3.63) is 77.9 Å². The Kier molecular flexibility index (Phi) is 7.68. The maximum atomic E-state index is 13.4. The van der Waals surface area contributed by atoms with E-state index in [9.17, 15) is 24.3 Å². The van der Waals surface area contributed by atoms with Crippen LogP contribution in [-0.2, 0) is 30.6 Å². The first-order valence-electron chi connectivity index (χ1n) is 12.2. The van der Waals surface area contributed by atoms with Gasteiger partial charge in [0.15, 0.2) is 24.7 Å². The fourth-order valence-corrected chi connectivity index (χ4v) is 5.83. The van der Waals surface area contributed by atoms with Gasteiger partial charge in [0.2, 0.25) is 6.41 Å². The van der Waals surface area contributed by atoms with Gasteiger partial charge in [-0.15, -0.1) is 11.8 Å². The molecule has 1 fully saturated rings. The number of allylic oxidation sites excluding steroid dienone is 1. The molecule has 3 N–H and O–H groups in total. The van der Waals surface area contributed by atoms with Crippen LogP contribution < -0.4 is 15.2 Å². The lowest BCUT2D eigenvalue weighted by Gasteiger charge is -2.49. The van der Waals surface area contributed by atoms with E-state index in [4.69, 9.17) is 4.84 Å². The number of pyridine rings is 2. The monoisotopic (exact) mass is 549 g/mol. The number of thioether (sulfide) groups is 1. The molecule has 0 radical (unpaired) electrons. The van der Waals surface area contributed by atoms with Crippen LogP contribution in [0.15, 0.2) is 77.4 Å². The van der Waals surface area contributed by atoms with Crippen LogP contribution in [0.2, 0.25) is 0 Å². The quantitative estimate of drug-likeness (QED) is 0.0983. The van der Waals surface area contributed by atoms with E-state index in [1.54, 1.807) is 12.1 Å². The zero-order valence-corrected chi connectivity index (χ0v) is 21.4. The third kappa shape index (κ3) is 5.53. The van der Waals surface area contributed by atoms with Crippen LogP contribution >= 0.6 is 11.8 Å². The summed E-state index contributed by atoms with van der Waals surface area (Å²) in [5, 5.41) is 18.5. The fraction of sp³-hybridized carbons (Fsp3) is 0.269. The Labute approximate surface area is 227 Å². The molecule has 13 heteroatoms. The number of carboxylic acid groups (broad SMARTS) is 1. The molecule has 0 saturated carbocycles. The average molecular weight is 550 g/mol. The van der Waals surface area contributed by atoms with Crippen LogP contribution in [0.4, 0.5) is 5.82 Å². The average Bonchev–Trinajstić information content (AvgIpc) is 3.46. The topological polar surface area (TPSA) is 154 Å². The molecular weight excluding hydrogens is 524 g/mol. The minimum absolute atomic E-state index is 0.0647. The van der Waals surface area contributed by atoms with Gasteiger partial charge < -0.3 is 20.6 Å². The van der Waals surface area contributed by atoms with Crippen LogP contribution in [0.25, 0.3) is 0 Å². The smallest absolute Gasteiger partial charge is 0.352 e. The van der Waals surface area contributed by atoms with Crippen molar-refractivity contribution in [2.24, 2.45) is 5.16 Å². The predicted molar refractivity (Wildman–Crippen MR) is 140 cm³/mol. The Balaban J connectivity index is 1.36. The maximum Gasteiger partial charge on any atom is 0.352 e. The summed E-state index contributed by atoms with van der Waals surface area (Å²) in [4.78, 5) is 60.6. The second-order valence-electron chi connectivity index (χ2n) is 8.93. The van der Waals surface area contributed by atoms with Gasteiger partial charge in [-0.25, -0.2) is 14.3 Å². The predicted octanol–water partition coefficient (Wildman–Crippen LogP) is 0.816. The zero-order valence-electron chi connectivity index (χ0n) is 20.6. The lowest BCUT2D eigenvalue weighted by Crippen LogP contribution is -2.71. The van der Waals surface area contributed by atoms with Crippen LogP contribution in [0.5, 0.6) is 0 Å². The fourth-order valence-electron chi connectivity index (χ4n) is 4.50. The molecule has 2 aromatic rings. The molecule has 3 amide bonds. The van der Waals surface area contributed by atoms with Crippen LogP contribution in [0.1, 0.15) is 18.5 Å². The van der Waals surface area contributed by atoms with Crippen LogP contribution in [-0.4, -0.2) is 68.2 Å². The molecule has 1 aliphatic carbocycles. The van der Waals surface area contributed by atoms with Crippen LogP contribution in [0.3, 0.4) is 0 Å². The molecule has 3 aliphatic rings. The normalized spacial score (nSPS) is 22.2. The first-order chi connectivity index (χ1) is 19.0.